The molecule has 1 N–H and O–H groups in total. The minimum absolute atomic E-state index is 0.228. The number of amides is 1. The largest absolute Gasteiger partial charge is 0.497 e. The summed E-state index contributed by atoms with van der Waals surface area (Å²) in [4.78, 5) is 23.3. The minimum atomic E-state index is -0.437. The van der Waals surface area contributed by atoms with Crippen LogP contribution in [-0.2, 0) is 9.53 Å². The van der Waals surface area contributed by atoms with Gasteiger partial charge in [-0.2, -0.15) is 0 Å². The predicted molar refractivity (Wildman–Crippen MR) is 78.6 cm³/mol. The van der Waals surface area contributed by atoms with Crippen LogP contribution in [0.2, 0.25) is 0 Å². The van der Waals surface area contributed by atoms with E-state index in [-0.39, 0.29) is 12.5 Å². The predicted octanol–water partition coefficient (Wildman–Crippen LogP) is 3.05. The lowest BCUT2D eigenvalue weighted by atomic mass is 10.1. The van der Waals surface area contributed by atoms with Crippen LogP contribution in [0.1, 0.15) is 24.2 Å². The number of hydrogen-bond donors (Lipinski definition) is 1. The van der Waals surface area contributed by atoms with Crippen molar-refractivity contribution in [1.29, 1.82) is 0 Å². The number of carbonyl (C=O) groups excluding carboxylic acids is 2. The quantitative estimate of drug-likeness (QED) is 0.880. The highest BCUT2D eigenvalue weighted by atomic mass is 32.1. The van der Waals surface area contributed by atoms with E-state index in [1.165, 1.54) is 18.3 Å². The molecule has 0 aliphatic heterocycles. The molecular formula is C14H15NO4S. The molecule has 0 bridgehead atoms. The lowest BCUT2D eigenvalue weighted by Gasteiger charge is -2.04. The molecule has 1 aromatic heterocycles. The van der Waals surface area contributed by atoms with Crippen molar-refractivity contribution in [1.82, 2.24) is 0 Å². The van der Waals surface area contributed by atoms with Gasteiger partial charge in [0.15, 0.2) is 0 Å². The van der Waals surface area contributed by atoms with Crippen molar-refractivity contribution in [3.8, 4) is 5.75 Å². The Labute approximate surface area is 120 Å². The zero-order chi connectivity index (χ0) is 14.7. The van der Waals surface area contributed by atoms with Crippen molar-refractivity contribution >= 4 is 38.3 Å². The molecule has 106 valence electrons. The summed E-state index contributed by atoms with van der Waals surface area (Å²) in [5.41, 5.74) is 0.393. The Morgan fingerprint density at radius 3 is 2.70 bits per heavy atom. The number of hydrogen-bond acceptors (Lipinski definition) is 5. The number of ether oxygens (including phenoxy) is 2. The topological polar surface area (TPSA) is 64.6 Å². The van der Waals surface area contributed by atoms with E-state index in [9.17, 15) is 9.59 Å². The van der Waals surface area contributed by atoms with Crippen LogP contribution in [0.15, 0.2) is 18.2 Å². The summed E-state index contributed by atoms with van der Waals surface area (Å²) in [6.07, 6.45) is 0. The summed E-state index contributed by atoms with van der Waals surface area (Å²) in [5.74, 6) is 0.0327. The molecule has 1 aromatic carbocycles. The van der Waals surface area contributed by atoms with Crippen LogP contribution in [0.5, 0.6) is 5.75 Å². The van der Waals surface area contributed by atoms with Crippen molar-refractivity contribution in [3.63, 3.8) is 0 Å². The van der Waals surface area contributed by atoms with Gasteiger partial charge in [0.1, 0.15) is 16.3 Å². The van der Waals surface area contributed by atoms with Crippen LogP contribution in [0.3, 0.4) is 0 Å². The van der Waals surface area contributed by atoms with E-state index in [2.05, 4.69) is 5.32 Å². The van der Waals surface area contributed by atoms with Gasteiger partial charge in [-0.25, -0.2) is 4.79 Å². The fourth-order valence-corrected chi connectivity index (χ4v) is 3.02. The third-order valence-corrected chi connectivity index (χ3v) is 3.73. The molecule has 0 spiro atoms. The molecule has 0 fully saturated rings. The van der Waals surface area contributed by atoms with Crippen molar-refractivity contribution in [2.75, 3.05) is 19.0 Å². The van der Waals surface area contributed by atoms with Crippen LogP contribution < -0.4 is 10.1 Å². The lowest BCUT2D eigenvalue weighted by molar-refractivity contribution is -0.114. The highest BCUT2D eigenvalue weighted by Crippen LogP contribution is 2.38. The highest BCUT2D eigenvalue weighted by molar-refractivity contribution is 7.23. The molecule has 1 heterocycles. The van der Waals surface area contributed by atoms with E-state index in [1.54, 1.807) is 26.2 Å². The molecular weight excluding hydrogens is 278 g/mol. The second-order valence-corrected chi connectivity index (χ2v) is 5.12. The molecule has 0 aliphatic carbocycles. The lowest BCUT2D eigenvalue weighted by Crippen LogP contribution is -2.10. The van der Waals surface area contributed by atoms with Crippen LogP contribution in [0, 0.1) is 0 Å². The molecule has 0 saturated heterocycles. The van der Waals surface area contributed by atoms with Gasteiger partial charge in [-0.15, -0.1) is 11.3 Å². The minimum Gasteiger partial charge on any atom is -0.497 e. The number of nitrogens with one attached hydrogen (secondary N) is 1. The smallest absolute Gasteiger partial charge is 0.341 e. The molecule has 6 heteroatoms. The summed E-state index contributed by atoms with van der Waals surface area (Å²) in [6, 6.07) is 5.39. The van der Waals surface area contributed by atoms with Gasteiger partial charge in [-0.1, -0.05) is 0 Å². The van der Waals surface area contributed by atoms with E-state index in [1.807, 2.05) is 6.07 Å². The van der Waals surface area contributed by atoms with Gasteiger partial charge in [0.05, 0.1) is 13.7 Å². The molecule has 2 rings (SSSR count). The first kappa shape index (κ1) is 14.3. The first-order chi connectivity index (χ1) is 9.56. The third-order valence-electron chi connectivity index (χ3n) is 2.67. The molecule has 2 aromatic rings. The Bertz CT molecular complexity index is 662. The summed E-state index contributed by atoms with van der Waals surface area (Å²) in [7, 11) is 1.58. The average molecular weight is 293 g/mol. The Hall–Kier alpha value is -2.08. The number of thiophene rings is 1. The maximum absolute atomic E-state index is 12.1. The van der Waals surface area contributed by atoms with Crippen molar-refractivity contribution in [2.45, 2.75) is 13.8 Å². The maximum Gasteiger partial charge on any atom is 0.341 e. The first-order valence-corrected chi connectivity index (χ1v) is 6.93. The standard InChI is InChI=1S/C14H15NO4S/c1-4-19-14(17)12-10-6-5-9(18-3)7-11(10)20-13(12)15-8(2)16/h5-7H,4H2,1-3H3,(H,15,16). The maximum atomic E-state index is 12.1. The molecule has 1 amide bonds. The van der Waals surface area contributed by atoms with Gasteiger partial charge in [-0.05, 0) is 25.1 Å². The molecule has 5 nitrogen and oxygen atoms in total. The first-order valence-electron chi connectivity index (χ1n) is 6.12. The van der Waals surface area contributed by atoms with Gasteiger partial charge in [0.25, 0.3) is 0 Å². The zero-order valence-corrected chi connectivity index (χ0v) is 12.3. The Balaban J connectivity index is 2.59. The molecule has 0 saturated carbocycles. The number of anilines is 1. The van der Waals surface area contributed by atoms with E-state index in [0.717, 1.165) is 10.1 Å². The van der Waals surface area contributed by atoms with Crippen molar-refractivity contribution < 1.29 is 19.1 Å². The number of benzene rings is 1. The van der Waals surface area contributed by atoms with Crippen LogP contribution in [0.25, 0.3) is 10.1 Å². The van der Waals surface area contributed by atoms with Crippen LogP contribution >= 0.6 is 11.3 Å². The Morgan fingerprint density at radius 1 is 1.35 bits per heavy atom. The van der Waals surface area contributed by atoms with Crippen LogP contribution in [-0.4, -0.2) is 25.6 Å². The monoisotopic (exact) mass is 293 g/mol. The summed E-state index contributed by atoms with van der Waals surface area (Å²) >= 11 is 1.32. The van der Waals surface area contributed by atoms with Gasteiger partial charge < -0.3 is 14.8 Å². The molecule has 0 unspecified atom stereocenters. The second-order valence-electron chi connectivity index (χ2n) is 4.07. The van der Waals surface area contributed by atoms with Crippen molar-refractivity contribution in [3.05, 3.63) is 23.8 Å². The number of carbonyl (C=O) groups is 2. The second kappa shape index (κ2) is 5.92. The molecule has 0 aliphatic rings. The molecule has 0 atom stereocenters. The van der Waals surface area contributed by atoms with E-state index in [4.69, 9.17) is 9.47 Å². The summed E-state index contributed by atoms with van der Waals surface area (Å²) < 4.78 is 11.1. The van der Waals surface area contributed by atoms with E-state index >= 15 is 0 Å². The number of esters is 1. The number of methoxy groups -OCH3 is 1. The normalized spacial score (nSPS) is 10.3. The Kier molecular flexibility index (Phi) is 4.24. The molecule has 20 heavy (non-hydrogen) atoms. The fraction of sp³-hybridized carbons (Fsp3) is 0.286. The number of rotatable bonds is 4. The average Bonchev–Trinajstić information content (AvgIpc) is 2.74. The zero-order valence-electron chi connectivity index (χ0n) is 11.5. The SMILES string of the molecule is CCOC(=O)c1c(NC(C)=O)sc2cc(OC)ccc12. The van der Waals surface area contributed by atoms with Gasteiger partial charge >= 0.3 is 5.97 Å². The van der Waals surface area contributed by atoms with Gasteiger partial charge in [0.2, 0.25) is 5.91 Å². The summed E-state index contributed by atoms with van der Waals surface area (Å²) in [5, 5.41) is 3.92. The fourth-order valence-electron chi connectivity index (χ4n) is 1.86. The molecule has 0 radical (unpaired) electrons. The van der Waals surface area contributed by atoms with E-state index < -0.39 is 5.97 Å². The summed E-state index contributed by atoms with van der Waals surface area (Å²) in [6.45, 7) is 3.43. The Morgan fingerprint density at radius 2 is 2.10 bits per heavy atom. The third kappa shape index (κ3) is 2.75. The number of fused-ring (bicyclic) bond motifs is 1. The van der Waals surface area contributed by atoms with Gasteiger partial charge in [0, 0.05) is 17.0 Å². The van der Waals surface area contributed by atoms with Crippen molar-refractivity contribution in [2.24, 2.45) is 0 Å². The highest BCUT2D eigenvalue weighted by Gasteiger charge is 2.21. The van der Waals surface area contributed by atoms with E-state index in [0.29, 0.717) is 16.3 Å². The van der Waals surface area contributed by atoms with Gasteiger partial charge in [-0.3, -0.25) is 4.79 Å². The van der Waals surface area contributed by atoms with Crippen LogP contribution in [0.4, 0.5) is 5.00 Å².